The first-order chi connectivity index (χ1) is 7.77. The molecule has 0 aliphatic carbocycles. The van der Waals surface area contributed by atoms with Crippen molar-refractivity contribution in [1.82, 2.24) is 14.5 Å². The lowest BCUT2D eigenvalue weighted by molar-refractivity contribution is 0.953. The highest BCUT2D eigenvalue weighted by Gasteiger charge is 2.11. The third-order valence-corrected chi connectivity index (χ3v) is 3.36. The summed E-state index contributed by atoms with van der Waals surface area (Å²) in [5.41, 5.74) is 6.20. The predicted octanol–water partition coefficient (Wildman–Crippen LogP) is 3.01. The van der Waals surface area contributed by atoms with Crippen LogP contribution in [0, 0.1) is 6.92 Å². The van der Waals surface area contributed by atoms with E-state index in [4.69, 9.17) is 0 Å². The summed E-state index contributed by atoms with van der Waals surface area (Å²) in [4.78, 5) is 8.97. The Hall–Kier alpha value is -1.68. The van der Waals surface area contributed by atoms with Crippen LogP contribution in [0.1, 0.15) is 5.56 Å². The fourth-order valence-corrected chi connectivity index (χ4v) is 2.44. The first-order valence-electron chi connectivity index (χ1n) is 5.08. The van der Waals surface area contributed by atoms with E-state index in [9.17, 15) is 0 Å². The molecule has 16 heavy (non-hydrogen) atoms. The van der Waals surface area contributed by atoms with Crippen LogP contribution in [0.4, 0.5) is 0 Å². The molecule has 0 fully saturated rings. The van der Waals surface area contributed by atoms with E-state index in [-0.39, 0.29) is 0 Å². The third kappa shape index (κ3) is 1.27. The molecule has 0 saturated heterocycles. The first kappa shape index (κ1) is 9.54. The molecular weight excluding hydrogens is 218 g/mol. The molecule has 0 unspecified atom stereocenters. The van der Waals surface area contributed by atoms with Gasteiger partial charge in [-0.05, 0) is 18.6 Å². The highest BCUT2D eigenvalue weighted by Crippen LogP contribution is 2.24. The van der Waals surface area contributed by atoms with Gasteiger partial charge in [0, 0.05) is 12.4 Å². The highest BCUT2D eigenvalue weighted by molar-refractivity contribution is 7.07. The van der Waals surface area contributed by atoms with Gasteiger partial charge >= 0.3 is 0 Å². The average Bonchev–Trinajstić information content (AvgIpc) is 2.88. The number of fused-ring (bicyclic) bond motifs is 1. The maximum atomic E-state index is 4.66. The minimum atomic E-state index is 0.936. The SMILES string of the molecule is Cc1cccc2c1nc(-c1cscn1)n2C. The number of nitrogens with zero attached hydrogens (tertiary/aromatic N) is 3. The van der Waals surface area contributed by atoms with Gasteiger partial charge in [-0.1, -0.05) is 12.1 Å². The number of hydrogen-bond donors (Lipinski definition) is 0. The van der Waals surface area contributed by atoms with Crippen molar-refractivity contribution < 1.29 is 0 Å². The Balaban J connectivity index is 2.36. The van der Waals surface area contributed by atoms with Gasteiger partial charge in [-0.2, -0.15) is 0 Å². The maximum absolute atomic E-state index is 4.66. The molecule has 0 aliphatic heterocycles. The lowest BCUT2D eigenvalue weighted by atomic mass is 10.2. The molecule has 3 nitrogen and oxygen atoms in total. The minimum absolute atomic E-state index is 0.936. The van der Waals surface area contributed by atoms with Gasteiger partial charge in [0.2, 0.25) is 0 Å². The molecular formula is C12H11N3S. The number of benzene rings is 1. The van der Waals surface area contributed by atoms with Crippen molar-refractivity contribution in [2.75, 3.05) is 0 Å². The zero-order valence-electron chi connectivity index (χ0n) is 9.14. The van der Waals surface area contributed by atoms with Crippen molar-refractivity contribution >= 4 is 22.4 Å². The van der Waals surface area contributed by atoms with Crippen molar-refractivity contribution in [2.24, 2.45) is 7.05 Å². The van der Waals surface area contributed by atoms with E-state index in [1.165, 1.54) is 5.56 Å². The fourth-order valence-electron chi connectivity index (χ4n) is 1.91. The van der Waals surface area contributed by atoms with E-state index >= 15 is 0 Å². The van der Waals surface area contributed by atoms with Crippen LogP contribution in [0.2, 0.25) is 0 Å². The minimum Gasteiger partial charge on any atom is -0.326 e. The van der Waals surface area contributed by atoms with Crippen LogP contribution in [0.15, 0.2) is 29.1 Å². The van der Waals surface area contributed by atoms with E-state index in [0.717, 1.165) is 22.6 Å². The van der Waals surface area contributed by atoms with Crippen LogP contribution in [0.3, 0.4) is 0 Å². The average molecular weight is 229 g/mol. The quantitative estimate of drug-likeness (QED) is 0.642. The Morgan fingerprint density at radius 2 is 2.19 bits per heavy atom. The Morgan fingerprint density at radius 3 is 2.88 bits per heavy atom. The molecule has 0 bridgehead atoms. The van der Waals surface area contributed by atoms with Gasteiger partial charge in [-0.3, -0.25) is 0 Å². The van der Waals surface area contributed by atoms with Crippen molar-refractivity contribution in [1.29, 1.82) is 0 Å². The molecule has 0 amide bonds. The molecule has 3 aromatic rings. The van der Waals surface area contributed by atoms with Crippen molar-refractivity contribution in [3.05, 3.63) is 34.7 Å². The van der Waals surface area contributed by atoms with Crippen LogP contribution < -0.4 is 0 Å². The van der Waals surface area contributed by atoms with Gasteiger partial charge in [-0.25, -0.2) is 9.97 Å². The number of hydrogen-bond acceptors (Lipinski definition) is 3. The summed E-state index contributed by atoms with van der Waals surface area (Å²) in [6, 6.07) is 6.23. The lowest BCUT2D eigenvalue weighted by Gasteiger charge is -1.98. The molecule has 0 N–H and O–H groups in total. The topological polar surface area (TPSA) is 30.7 Å². The third-order valence-electron chi connectivity index (χ3n) is 2.77. The Bertz CT molecular complexity index is 638. The summed E-state index contributed by atoms with van der Waals surface area (Å²) < 4.78 is 2.09. The number of para-hydroxylation sites is 1. The van der Waals surface area contributed by atoms with Gasteiger partial charge in [0.25, 0.3) is 0 Å². The van der Waals surface area contributed by atoms with Gasteiger partial charge in [-0.15, -0.1) is 11.3 Å². The first-order valence-corrected chi connectivity index (χ1v) is 6.02. The normalized spacial score (nSPS) is 11.1. The van der Waals surface area contributed by atoms with Gasteiger partial charge in [0.05, 0.1) is 16.5 Å². The predicted molar refractivity (Wildman–Crippen MR) is 66.6 cm³/mol. The molecule has 0 aliphatic rings. The van der Waals surface area contributed by atoms with E-state index in [0.29, 0.717) is 0 Å². The molecule has 0 spiro atoms. The summed E-state index contributed by atoms with van der Waals surface area (Å²) in [6.07, 6.45) is 0. The van der Waals surface area contributed by atoms with Crippen LogP contribution in [0.5, 0.6) is 0 Å². The zero-order chi connectivity index (χ0) is 11.1. The van der Waals surface area contributed by atoms with Gasteiger partial charge < -0.3 is 4.57 Å². The summed E-state index contributed by atoms with van der Waals surface area (Å²) in [5.74, 6) is 0.936. The molecule has 0 atom stereocenters. The van der Waals surface area contributed by atoms with Gasteiger partial charge in [0.1, 0.15) is 5.69 Å². The van der Waals surface area contributed by atoms with E-state index < -0.39 is 0 Å². The Kier molecular flexibility index (Phi) is 2.04. The number of aromatic nitrogens is 3. The Morgan fingerprint density at radius 1 is 1.31 bits per heavy atom. The van der Waals surface area contributed by atoms with Crippen molar-refractivity contribution in [2.45, 2.75) is 6.92 Å². The molecule has 2 aromatic heterocycles. The fraction of sp³-hybridized carbons (Fsp3) is 0.167. The zero-order valence-corrected chi connectivity index (χ0v) is 9.95. The largest absolute Gasteiger partial charge is 0.326 e. The molecule has 1 aromatic carbocycles. The summed E-state index contributed by atoms with van der Waals surface area (Å²) in [7, 11) is 2.03. The second kappa shape index (κ2) is 3.42. The molecule has 0 radical (unpaired) electrons. The molecule has 3 rings (SSSR count). The van der Waals surface area contributed by atoms with Crippen molar-refractivity contribution in [3.63, 3.8) is 0 Å². The molecule has 80 valence electrons. The van der Waals surface area contributed by atoms with E-state index in [1.807, 2.05) is 17.9 Å². The number of imidazole rings is 1. The summed E-state index contributed by atoms with van der Waals surface area (Å²) >= 11 is 1.59. The van der Waals surface area contributed by atoms with Crippen LogP contribution >= 0.6 is 11.3 Å². The van der Waals surface area contributed by atoms with Crippen LogP contribution in [-0.2, 0) is 7.05 Å². The number of aryl methyl sites for hydroxylation is 2. The maximum Gasteiger partial charge on any atom is 0.160 e. The monoisotopic (exact) mass is 229 g/mol. The standard InChI is InChI=1S/C12H11N3S/c1-8-4-3-5-10-11(8)14-12(15(10)2)9-6-16-7-13-9/h3-7H,1-2H3. The van der Waals surface area contributed by atoms with Crippen molar-refractivity contribution in [3.8, 4) is 11.5 Å². The van der Waals surface area contributed by atoms with E-state index in [2.05, 4.69) is 39.7 Å². The number of rotatable bonds is 1. The van der Waals surface area contributed by atoms with Crippen LogP contribution in [-0.4, -0.2) is 14.5 Å². The molecule has 0 saturated carbocycles. The van der Waals surface area contributed by atoms with Crippen LogP contribution in [0.25, 0.3) is 22.6 Å². The smallest absolute Gasteiger partial charge is 0.160 e. The second-order valence-corrected chi connectivity index (χ2v) is 4.53. The summed E-state index contributed by atoms with van der Waals surface area (Å²) in [6.45, 7) is 2.08. The molecule has 4 heteroatoms. The summed E-state index contributed by atoms with van der Waals surface area (Å²) in [5, 5.41) is 2.02. The Labute approximate surface area is 97.4 Å². The lowest BCUT2D eigenvalue weighted by Crippen LogP contribution is -1.91. The number of thiazole rings is 1. The van der Waals surface area contributed by atoms with Gasteiger partial charge in [0.15, 0.2) is 5.82 Å². The van der Waals surface area contributed by atoms with E-state index in [1.54, 1.807) is 11.3 Å². The second-order valence-electron chi connectivity index (χ2n) is 3.81. The molecule has 2 heterocycles. The highest BCUT2D eigenvalue weighted by atomic mass is 32.1.